The number of likely N-dealkylation sites (N-methyl/N-ethyl adjacent to an activating group) is 1. The van der Waals surface area contributed by atoms with Crippen molar-refractivity contribution in [3.8, 4) is 5.75 Å². The molecule has 2 aliphatic rings. The van der Waals surface area contributed by atoms with Gasteiger partial charge in [-0.3, -0.25) is 4.90 Å². The SMILES string of the molecule is COc1ccc2c(c1)CCN(C)C21CCOCC1. The Hall–Kier alpha value is -1.06. The van der Waals surface area contributed by atoms with Gasteiger partial charge in [-0.2, -0.15) is 0 Å². The van der Waals surface area contributed by atoms with Gasteiger partial charge >= 0.3 is 0 Å². The number of nitrogens with zero attached hydrogens (tertiary/aromatic N) is 1. The summed E-state index contributed by atoms with van der Waals surface area (Å²) in [5.74, 6) is 0.973. The standard InChI is InChI=1S/C15H21NO2/c1-16-8-5-12-11-13(17-2)3-4-14(12)15(16)6-9-18-10-7-15/h3-4,11H,5-10H2,1-2H3. The van der Waals surface area contributed by atoms with Gasteiger partial charge in [-0.05, 0) is 49.6 Å². The molecule has 1 fully saturated rings. The van der Waals surface area contributed by atoms with Crippen LogP contribution in [-0.4, -0.2) is 38.8 Å². The minimum absolute atomic E-state index is 0.193. The Labute approximate surface area is 109 Å². The maximum atomic E-state index is 5.55. The van der Waals surface area contributed by atoms with Gasteiger partial charge in [-0.1, -0.05) is 6.07 Å². The number of benzene rings is 1. The molecule has 0 aromatic heterocycles. The lowest BCUT2D eigenvalue weighted by Crippen LogP contribution is -2.51. The highest BCUT2D eigenvalue weighted by atomic mass is 16.5. The zero-order chi connectivity index (χ0) is 12.6. The summed E-state index contributed by atoms with van der Waals surface area (Å²) in [4.78, 5) is 2.52. The number of methoxy groups -OCH3 is 1. The molecule has 0 bridgehead atoms. The minimum Gasteiger partial charge on any atom is -0.497 e. The number of hydrogen-bond donors (Lipinski definition) is 0. The molecule has 1 aromatic rings. The Morgan fingerprint density at radius 3 is 2.78 bits per heavy atom. The number of rotatable bonds is 1. The maximum Gasteiger partial charge on any atom is 0.119 e. The molecule has 3 heteroatoms. The van der Waals surface area contributed by atoms with Crippen LogP contribution in [0.15, 0.2) is 18.2 Å². The van der Waals surface area contributed by atoms with Crippen LogP contribution in [0.3, 0.4) is 0 Å². The molecule has 1 spiro atoms. The van der Waals surface area contributed by atoms with Crippen LogP contribution < -0.4 is 4.74 Å². The fraction of sp³-hybridized carbons (Fsp3) is 0.600. The van der Waals surface area contributed by atoms with Gasteiger partial charge in [0.25, 0.3) is 0 Å². The lowest BCUT2D eigenvalue weighted by Gasteiger charge is -2.49. The van der Waals surface area contributed by atoms with Gasteiger partial charge in [-0.25, -0.2) is 0 Å². The molecular formula is C15H21NO2. The first kappa shape index (κ1) is 12.0. The molecule has 1 saturated heterocycles. The second-order valence-electron chi connectivity index (χ2n) is 5.34. The molecule has 98 valence electrons. The third kappa shape index (κ3) is 1.73. The fourth-order valence-electron chi connectivity index (χ4n) is 3.43. The van der Waals surface area contributed by atoms with Gasteiger partial charge in [0.1, 0.15) is 5.75 Å². The van der Waals surface area contributed by atoms with Crippen LogP contribution in [0.1, 0.15) is 24.0 Å². The van der Waals surface area contributed by atoms with E-state index in [0.717, 1.165) is 44.8 Å². The zero-order valence-corrected chi connectivity index (χ0v) is 11.2. The third-order valence-corrected chi connectivity index (χ3v) is 4.58. The average Bonchev–Trinajstić information content (AvgIpc) is 2.44. The topological polar surface area (TPSA) is 21.7 Å². The molecule has 3 rings (SSSR count). The summed E-state index contributed by atoms with van der Waals surface area (Å²) in [7, 11) is 3.99. The first-order valence-electron chi connectivity index (χ1n) is 6.73. The maximum absolute atomic E-state index is 5.55. The largest absolute Gasteiger partial charge is 0.497 e. The van der Waals surface area contributed by atoms with E-state index in [4.69, 9.17) is 9.47 Å². The van der Waals surface area contributed by atoms with Crippen LogP contribution in [0.2, 0.25) is 0 Å². The van der Waals surface area contributed by atoms with Crippen molar-refractivity contribution in [2.75, 3.05) is 33.9 Å². The molecule has 2 heterocycles. The summed E-state index contributed by atoms with van der Waals surface area (Å²) in [5, 5.41) is 0. The summed E-state index contributed by atoms with van der Waals surface area (Å²) in [6.07, 6.45) is 3.32. The monoisotopic (exact) mass is 247 g/mol. The van der Waals surface area contributed by atoms with E-state index in [1.807, 2.05) is 0 Å². The summed E-state index contributed by atoms with van der Waals surface area (Å²) < 4.78 is 10.9. The van der Waals surface area contributed by atoms with E-state index in [9.17, 15) is 0 Å². The zero-order valence-electron chi connectivity index (χ0n) is 11.2. The number of fused-ring (bicyclic) bond motifs is 2. The number of hydrogen-bond acceptors (Lipinski definition) is 3. The van der Waals surface area contributed by atoms with E-state index in [2.05, 4.69) is 30.1 Å². The van der Waals surface area contributed by atoms with Crippen LogP contribution in [0.4, 0.5) is 0 Å². The predicted octanol–water partition coefficient (Wildman–Crippen LogP) is 2.19. The van der Waals surface area contributed by atoms with Gasteiger partial charge in [0, 0.05) is 19.8 Å². The van der Waals surface area contributed by atoms with Crippen LogP contribution in [0.5, 0.6) is 5.75 Å². The Balaban J connectivity index is 2.05. The van der Waals surface area contributed by atoms with Gasteiger partial charge in [-0.15, -0.1) is 0 Å². The van der Waals surface area contributed by atoms with Gasteiger partial charge < -0.3 is 9.47 Å². The van der Waals surface area contributed by atoms with Gasteiger partial charge in [0.05, 0.1) is 12.6 Å². The molecule has 0 unspecified atom stereocenters. The summed E-state index contributed by atoms with van der Waals surface area (Å²) in [5.41, 5.74) is 3.13. The van der Waals surface area contributed by atoms with E-state index in [1.54, 1.807) is 7.11 Å². The molecule has 0 saturated carbocycles. The Morgan fingerprint density at radius 2 is 2.06 bits per heavy atom. The molecule has 2 aliphatic heterocycles. The van der Waals surface area contributed by atoms with E-state index >= 15 is 0 Å². The molecule has 0 atom stereocenters. The highest BCUT2D eigenvalue weighted by Gasteiger charge is 2.41. The summed E-state index contributed by atoms with van der Waals surface area (Å²) in [6.45, 7) is 2.87. The van der Waals surface area contributed by atoms with E-state index < -0.39 is 0 Å². The molecule has 18 heavy (non-hydrogen) atoms. The van der Waals surface area contributed by atoms with Crippen molar-refractivity contribution in [2.45, 2.75) is 24.8 Å². The van der Waals surface area contributed by atoms with Crippen LogP contribution >= 0.6 is 0 Å². The number of ether oxygens (including phenoxy) is 2. The lowest BCUT2D eigenvalue weighted by atomic mass is 9.76. The third-order valence-electron chi connectivity index (χ3n) is 4.58. The smallest absolute Gasteiger partial charge is 0.119 e. The Kier molecular flexibility index (Phi) is 3.04. The van der Waals surface area contributed by atoms with E-state index in [0.29, 0.717) is 0 Å². The van der Waals surface area contributed by atoms with Crippen molar-refractivity contribution in [1.29, 1.82) is 0 Å². The molecule has 0 amide bonds. The van der Waals surface area contributed by atoms with Gasteiger partial charge in [0.15, 0.2) is 0 Å². The molecule has 1 aromatic carbocycles. The van der Waals surface area contributed by atoms with Crippen molar-refractivity contribution < 1.29 is 9.47 Å². The van der Waals surface area contributed by atoms with Gasteiger partial charge in [0.2, 0.25) is 0 Å². The normalized spacial score (nSPS) is 22.8. The van der Waals surface area contributed by atoms with Crippen molar-refractivity contribution in [3.05, 3.63) is 29.3 Å². The first-order chi connectivity index (χ1) is 8.76. The summed E-state index contributed by atoms with van der Waals surface area (Å²) in [6, 6.07) is 6.56. The highest BCUT2D eigenvalue weighted by molar-refractivity contribution is 5.42. The van der Waals surface area contributed by atoms with Crippen molar-refractivity contribution in [3.63, 3.8) is 0 Å². The Bertz CT molecular complexity index is 438. The molecule has 0 aliphatic carbocycles. The average molecular weight is 247 g/mol. The second-order valence-corrected chi connectivity index (χ2v) is 5.34. The molecule has 0 radical (unpaired) electrons. The fourth-order valence-corrected chi connectivity index (χ4v) is 3.43. The molecular weight excluding hydrogens is 226 g/mol. The summed E-state index contributed by atoms with van der Waals surface area (Å²) >= 11 is 0. The van der Waals surface area contributed by atoms with Crippen molar-refractivity contribution in [1.82, 2.24) is 4.90 Å². The van der Waals surface area contributed by atoms with E-state index in [-0.39, 0.29) is 5.54 Å². The molecule has 3 nitrogen and oxygen atoms in total. The van der Waals surface area contributed by atoms with Crippen molar-refractivity contribution >= 4 is 0 Å². The quantitative estimate of drug-likeness (QED) is 0.759. The highest BCUT2D eigenvalue weighted by Crippen LogP contribution is 2.42. The van der Waals surface area contributed by atoms with Crippen LogP contribution in [0, 0.1) is 0 Å². The van der Waals surface area contributed by atoms with E-state index in [1.165, 1.54) is 11.1 Å². The van der Waals surface area contributed by atoms with Crippen LogP contribution in [0.25, 0.3) is 0 Å². The van der Waals surface area contributed by atoms with Crippen LogP contribution in [-0.2, 0) is 16.7 Å². The minimum atomic E-state index is 0.193. The lowest BCUT2D eigenvalue weighted by molar-refractivity contribution is -0.0262. The van der Waals surface area contributed by atoms with Crippen molar-refractivity contribution in [2.24, 2.45) is 0 Å². The first-order valence-corrected chi connectivity index (χ1v) is 6.73. The molecule has 0 N–H and O–H groups in total. The second kappa shape index (κ2) is 4.56. The Morgan fingerprint density at radius 1 is 1.28 bits per heavy atom. The predicted molar refractivity (Wildman–Crippen MR) is 71.1 cm³/mol.